The average molecular weight is 332 g/mol. The molecule has 1 aliphatic heterocycles. The highest BCUT2D eigenvalue weighted by Gasteiger charge is 2.40. The van der Waals surface area contributed by atoms with E-state index in [0.29, 0.717) is 12.2 Å². The number of nitrogens with two attached hydrogens (primary N) is 1. The lowest BCUT2D eigenvalue weighted by Crippen LogP contribution is -2.42. The zero-order valence-electron chi connectivity index (χ0n) is 12.7. The van der Waals surface area contributed by atoms with Gasteiger partial charge in [-0.2, -0.15) is 0 Å². The number of anilines is 2. The van der Waals surface area contributed by atoms with Gasteiger partial charge in [0.05, 0.1) is 23.7 Å². The Hall–Kier alpha value is -2.05. The normalized spacial score (nSPS) is 22.8. The summed E-state index contributed by atoms with van der Waals surface area (Å²) in [5.74, 6) is -0.208. The molecule has 6 heteroatoms. The van der Waals surface area contributed by atoms with E-state index in [1.54, 1.807) is 0 Å². The Morgan fingerprint density at radius 3 is 2.26 bits per heavy atom. The number of rotatable bonds is 4. The predicted molar refractivity (Wildman–Crippen MR) is 91.9 cm³/mol. The van der Waals surface area contributed by atoms with Crippen molar-refractivity contribution in [3.8, 4) is 0 Å². The zero-order valence-corrected chi connectivity index (χ0v) is 13.5. The molecular formula is C17H20N2O3S. The Bertz CT molecular complexity index is 760. The molecule has 0 unspecified atom stereocenters. The van der Waals surface area contributed by atoms with Crippen LogP contribution in [0.25, 0.3) is 0 Å². The van der Waals surface area contributed by atoms with Crippen molar-refractivity contribution in [1.82, 2.24) is 0 Å². The molecule has 3 rings (SSSR count). The molecule has 2 aromatic carbocycles. The zero-order chi connectivity index (χ0) is 16.4. The highest BCUT2D eigenvalue weighted by atomic mass is 32.2. The predicted octanol–water partition coefficient (Wildman–Crippen LogP) is 1.43. The fourth-order valence-electron chi connectivity index (χ4n) is 2.95. The molecule has 0 spiro atoms. The average Bonchev–Trinajstić information content (AvgIpc) is 2.80. The van der Waals surface area contributed by atoms with Crippen molar-refractivity contribution < 1.29 is 13.5 Å². The van der Waals surface area contributed by atoms with Crippen LogP contribution in [0.3, 0.4) is 0 Å². The highest BCUT2D eigenvalue weighted by molar-refractivity contribution is 7.91. The molecule has 0 aliphatic carbocycles. The van der Waals surface area contributed by atoms with Crippen molar-refractivity contribution in [2.45, 2.75) is 18.7 Å². The van der Waals surface area contributed by atoms with Crippen LogP contribution in [0.4, 0.5) is 11.4 Å². The van der Waals surface area contributed by atoms with Gasteiger partial charge in [0, 0.05) is 17.9 Å². The molecule has 2 aromatic rings. The second-order valence-corrected chi connectivity index (χ2v) is 8.07. The van der Waals surface area contributed by atoms with E-state index in [-0.39, 0.29) is 11.5 Å². The molecule has 0 bridgehead atoms. The molecule has 0 saturated carbocycles. The highest BCUT2D eigenvalue weighted by Crippen LogP contribution is 2.26. The maximum atomic E-state index is 11.9. The van der Waals surface area contributed by atoms with Gasteiger partial charge in [-0.25, -0.2) is 8.42 Å². The number of sulfone groups is 1. The van der Waals surface area contributed by atoms with E-state index >= 15 is 0 Å². The largest absolute Gasteiger partial charge is 0.399 e. The summed E-state index contributed by atoms with van der Waals surface area (Å²) in [5, 5.41) is 10.2. The van der Waals surface area contributed by atoms with Crippen molar-refractivity contribution in [2.75, 3.05) is 22.1 Å². The summed E-state index contributed by atoms with van der Waals surface area (Å²) >= 11 is 0. The van der Waals surface area contributed by atoms with Crippen LogP contribution in [-0.2, 0) is 16.4 Å². The van der Waals surface area contributed by atoms with Crippen molar-refractivity contribution in [1.29, 1.82) is 0 Å². The van der Waals surface area contributed by atoms with Gasteiger partial charge >= 0.3 is 0 Å². The van der Waals surface area contributed by atoms with Crippen LogP contribution in [0, 0.1) is 0 Å². The topological polar surface area (TPSA) is 83.6 Å². The molecule has 1 saturated heterocycles. The first-order valence-electron chi connectivity index (χ1n) is 7.49. The lowest BCUT2D eigenvalue weighted by atomic mass is 10.1. The molecule has 1 fully saturated rings. The molecule has 1 heterocycles. The SMILES string of the molecule is Nc1ccc(CN(c2ccccc2)[C@@H]2CS(=O)(=O)C[C@H]2O)cc1. The van der Waals surface area contributed by atoms with Crippen LogP contribution in [0.5, 0.6) is 0 Å². The van der Waals surface area contributed by atoms with Gasteiger partial charge in [-0.3, -0.25) is 0 Å². The number of para-hydroxylation sites is 1. The molecule has 2 atom stereocenters. The van der Waals surface area contributed by atoms with Gasteiger partial charge in [0.2, 0.25) is 0 Å². The minimum absolute atomic E-state index is 0.0297. The van der Waals surface area contributed by atoms with Gasteiger partial charge in [-0.15, -0.1) is 0 Å². The molecule has 23 heavy (non-hydrogen) atoms. The maximum Gasteiger partial charge on any atom is 0.155 e. The summed E-state index contributed by atoms with van der Waals surface area (Å²) < 4.78 is 23.8. The molecule has 5 nitrogen and oxygen atoms in total. The standard InChI is InChI=1S/C17H20N2O3S/c18-14-8-6-13(7-9-14)10-19(15-4-2-1-3-5-15)16-11-23(21,22)12-17(16)20/h1-9,16-17,20H,10-12,18H2/t16-,17-/m1/s1. The molecule has 0 radical (unpaired) electrons. The number of hydrogen-bond acceptors (Lipinski definition) is 5. The molecule has 3 N–H and O–H groups in total. The minimum atomic E-state index is -3.21. The van der Waals surface area contributed by atoms with Crippen LogP contribution in [0.2, 0.25) is 0 Å². The molecule has 122 valence electrons. The van der Waals surface area contributed by atoms with Crippen LogP contribution in [-0.4, -0.2) is 37.2 Å². The summed E-state index contributed by atoms with van der Waals surface area (Å²) in [5.41, 5.74) is 8.31. The van der Waals surface area contributed by atoms with Crippen molar-refractivity contribution in [2.24, 2.45) is 0 Å². The van der Waals surface area contributed by atoms with Crippen LogP contribution in [0.15, 0.2) is 54.6 Å². The first-order chi connectivity index (χ1) is 10.9. The van der Waals surface area contributed by atoms with E-state index in [1.807, 2.05) is 59.5 Å². The quantitative estimate of drug-likeness (QED) is 0.828. The van der Waals surface area contributed by atoms with Crippen LogP contribution < -0.4 is 10.6 Å². The first-order valence-corrected chi connectivity index (χ1v) is 9.31. The van der Waals surface area contributed by atoms with Gasteiger partial charge in [0.1, 0.15) is 0 Å². The van der Waals surface area contributed by atoms with Crippen molar-refractivity contribution >= 4 is 21.2 Å². The summed E-state index contributed by atoms with van der Waals surface area (Å²) in [6.07, 6.45) is -0.881. The van der Waals surface area contributed by atoms with Gasteiger partial charge < -0.3 is 15.7 Å². The Kier molecular flexibility index (Phi) is 4.28. The third-order valence-corrected chi connectivity index (χ3v) is 5.81. The number of hydrogen-bond donors (Lipinski definition) is 2. The Morgan fingerprint density at radius 2 is 1.70 bits per heavy atom. The van der Waals surface area contributed by atoms with Crippen LogP contribution in [0.1, 0.15) is 5.56 Å². The Balaban J connectivity index is 1.93. The fraction of sp³-hybridized carbons (Fsp3) is 0.294. The van der Waals surface area contributed by atoms with Gasteiger partial charge in [-0.05, 0) is 29.8 Å². The Morgan fingerprint density at radius 1 is 1.04 bits per heavy atom. The lowest BCUT2D eigenvalue weighted by Gasteiger charge is -2.32. The number of benzene rings is 2. The van der Waals surface area contributed by atoms with Gasteiger partial charge in [0.25, 0.3) is 0 Å². The van der Waals surface area contributed by atoms with E-state index in [2.05, 4.69) is 0 Å². The summed E-state index contributed by atoms with van der Waals surface area (Å²) in [7, 11) is -3.21. The van der Waals surface area contributed by atoms with E-state index in [9.17, 15) is 13.5 Å². The molecule has 1 aliphatic rings. The first kappa shape index (κ1) is 15.8. The molecule has 0 aromatic heterocycles. The third-order valence-electron chi connectivity index (χ3n) is 4.11. The van der Waals surface area contributed by atoms with Crippen LogP contribution >= 0.6 is 0 Å². The van der Waals surface area contributed by atoms with E-state index in [0.717, 1.165) is 11.3 Å². The fourth-order valence-corrected chi connectivity index (χ4v) is 4.75. The number of aliphatic hydroxyl groups is 1. The molecule has 0 amide bonds. The van der Waals surface area contributed by atoms with Gasteiger partial charge in [0.15, 0.2) is 9.84 Å². The van der Waals surface area contributed by atoms with E-state index in [1.165, 1.54) is 0 Å². The third kappa shape index (κ3) is 3.65. The summed E-state index contributed by atoms with van der Waals surface area (Å²) in [4.78, 5) is 1.96. The Labute approximate surface area is 136 Å². The lowest BCUT2D eigenvalue weighted by molar-refractivity contribution is 0.178. The minimum Gasteiger partial charge on any atom is -0.399 e. The van der Waals surface area contributed by atoms with Crippen molar-refractivity contribution in [3.63, 3.8) is 0 Å². The summed E-state index contributed by atoms with van der Waals surface area (Å²) in [6, 6.07) is 16.6. The number of aliphatic hydroxyl groups excluding tert-OH is 1. The number of nitrogen functional groups attached to an aromatic ring is 1. The number of nitrogens with zero attached hydrogens (tertiary/aromatic N) is 1. The summed E-state index contributed by atoms with van der Waals surface area (Å²) in [6.45, 7) is 0.515. The smallest absolute Gasteiger partial charge is 0.155 e. The van der Waals surface area contributed by atoms with Gasteiger partial charge in [-0.1, -0.05) is 30.3 Å². The monoisotopic (exact) mass is 332 g/mol. The van der Waals surface area contributed by atoms with Crippen molar-refractivity contribution in [3.05, 3.63) is 60.2 Å². The second kappa shape index (κ2) is 6.22. The second-order valence-electron chi connectivity index (χ2n) is 5.92. The molecular weight excluding hydrogens is 312 g/mol. The maximum absolute atomic E-state index is 11.9. The van der Waals surface area contributed by atoms with E-state index in [4.69, 9.17) is 5.73 Å². The van der Waals surface area contributed by atoms with E-state index < -0.39 is 22.0 Å².